The van der Waals surface area contributed by atoms with Gasteiger partial charge in [0, 0.05) is 23.5 Å². The second-order valence-corrected chi connectivity index (χ2v) is 8.35. The second-order valence-electron chi connectivity index (χ2n) is 8.35. The van der Waals surface area contributed by atoms with Gasteiger partial charge < -0.3 is 23.8 Å². The van der Waals surface area contributed by atoms with Gasteiger partial charge in [0.1, 0.15) is 18.4 Å². The van der Waals surface area contributed by atoms with Gasteiger partial charge in [0.2, 0.25) is 11.7 Å². The summed E-state index contributed by atoms with van der Waals surface area (Å²) in [4.78, 5) is 21.6. The number of nitrogens with zero attached hydrogens (tertiary/aromatic N) is 4. The molecular weight excluding hydrogens is 450 g/mol. The highest BCUT2D eigenvalue weighted by Gasteiger charge is 2.26. The zero-order valence-electron chi connectivity index (χ0n) is 20.2. The number of pyridine rings is 1. The van der Waals surface area contributed by atoms with Crippen molar-refractivity contribution in [3.8, 4) is 22.9 Å². The van der Waals surface area contributed by atoms with Crippen molar-refractivity contribution in [2.75, 3.05) is 7.11 Å². The molecule has 0 aliphatic carbocycles. The molecule has 0 fully saturated rings. The zero-order valence-corrected chi connectivity index (χ0v) is 20.2. The Hall–Kier alpha value is -4.21. The van der Waals surface area contributed by atoms with Crippen LogP contribution in [0.4, 0.5) is 0 Å². The summed E-state index contributed by atoms with van der Waals surface area (Å²) in [6.07, 6.45) is 3.32. The molecule has 1 amide bonds. The highest BCUT2D eigenvalue weighted by Crippen LogP contribution is 2.30. The number of benzene rings is 1. The standard InChI is InChI=1S/C25H27N5O5/c1-14(2)22(25-28-23(30-35-25)18-7-6-10-26-12-18)27-24(31)17-8-9-20(21(11-17)32-5)33-13-19-15(3)29-34-16(19)4/h6-12,14,22H,13H2,1-5H3,(H,27,31). The smallest absolute Gasteiger partial charge is 0.252 e. The molecule has 1 N–H and O–H groups in total. The minimum absolute atomic E-state index is 0.000648. The van der Waals surface area contributed by atoms with Crippen molar-refractivity contribution in [1.82, 2.24) is 25.6 Å². The molecule has 35 heavy (non-hydrogen) atoms. The first-order valence-corrected chi connectivity index (χ1v) is 11.1. The third-order valence-corrected chi connectivity index (χ3v) is 5.56. The van der Waals surface area contributed by atoms with E-state index in [4.69, 9.17) is 18.5 Å². The van der Waals surface area contributed by atoms with Gasteiger partial charge in [0.15, 0.2) is 11.5 Å². The van der Waals surface area contributed by atoms with E-state index in [-0.39, 0.29) is 18.4 Å². The Balaban J connectivity index is 1.49. The van der Waals surface area contributed by atoms with Crippen molar-refractivity contribution in [3.05, 3.63) is 71.2 Å². The summed E-state index contributed by atoms with van der Waals surface area (Å²) in [5, 5.41) is 11.0. The normalized spacial score (nSPS) is 11.9. The Morgan fingerprint density at radius 1 is 1.11 bits per heavy atom. The first-order valence-electron chi connectivity index (χ1n) is 11.1. The van der Waals surface area contributed by atoms with E-state index in [0.717, 1.165) is 16.8 Å². The SMILES string of the molecule is COc1cc(C(=O)NC(c2nc(-c3cccnc3)no2)C(C)C)ccc1OCc1c(C)noc1C. The molecule has 4 rings (SSSR count). The molecule has 182 valence electrons. The number of carbonyl (C=O) groups is 1. The lowest BCUT2D eigenvalue weighted by atomic mass is 10.0. The first kappa shape index (κ1) is 23.9. The van der Waals surface area contributed by atoms with Gasteiger partial charge >= 0.3 is 0 Å². The van der Waals surface area contributed by atoms with Crippen LogP contribution in [0.2, 0.25) is 0 Å². The van der Waals surface area contributed by atoms with Crippen LogP contribution in [-0.2, 0) is 6.61 Å². The maximum absolute atomic E-state index is 13.1. The molecule has 0 saturated heterocycles. The molecule has 3 heterocycles. The molecule has 0 bridgehead atoms. The maximum Gasteiger partial charge on any atom is 0.252 e. The van der Waals surface area contributed by atoms with Gasteiger partial charge in [0.05, 0.1) is 18.4 Å². The lowest BCUT2D eigenvalue weighted by Crippen LogP contribution is -2.32. The Bertz CT molecular complexity index is 1280. The fourth-order valence-corrected chi connectivity index (χ4v) is 3.50. The average Bonchev–Trinajstić information content (AvgIpc) is 3.48. The van der Waals surface area contributed by atoms with Crippen molar-refractivity contribution in [3.63, 3.8) is 0 Å². The first-order chi connectivity index (χ1) is 16.9. The minimum atomic E-state index is -0.484. The van der Waals surface area contributed by atoms with Crippen molar-refractivity contribution >= 4 is 5.91 Å². The van der Waals surface area contributed by atoms with E-state index < -0.39 is 6.04 Å². The predicted octanol–water partition coefficient (Wildman–Crippen LogP) is 4.45. The van der Waals surface area contributed by atoms with Crippen LogP contribution in [0.1, 0.15) is 53.2 Å². The molecule has 1 unspecified atom stereocenters. The lowest BCUT2D eigenvalue weighted by Gasteiger charge is -2.19. The van der Waals surface area contributed by atoms with Gasteiger partial charge in [-0.1, -0.05) is 24.2 Å². The van der Waals surface area contributed by atoms with Gasteiger partial charge in [-0.05, 0) is 50.1 Å². The number of methoxy groups -OCH3 is 1. The highest BCUT2D eigenvalue weighted by molar-refractivity contribution is 5.95. The average molecular weight is 478 g/mol. The van der Waals surface area contributed by atoms with Crippen LogP contribution >= 0.6 is 0 Å². The molecule has 10 heteroatoms. The summed E-state index contributed by atoms with van der Waals surface area (Å²) in [5.74, 6) is 2.06. The van der Waals surface area contributed by atoms with E-state index in [0.29, 0.717) is 34.5 Å². The highest BCUT2D eigenvalue weighted by atomic mass is 16.5. The van der Waals surface area contributed by atoms with Gasteiger partial charge in [-0.25, -0.2) is 0 Å². The second kappa shape index (κ2) is 10.4. The number of rotatable bonds is 9. The van der Waals surface area contributed by atoms with Gasteiger partial charge in [-0.3, -0.25) is 9.78 Å². The summed E-state index contributed by atoms with van der Waals surface area (Å²) >= 11 is 0. The molecule has 4 aromatic rings. The number of hydrogen-bond acceptors (Lipinski definition) is 9. The van der Waals surface area contributed by atoms with Crippen LogP contribution < -0.4 is 14.8 Å². The van der Waals surface area contributed by atoms with Crippen LogP contribution in [0.25, 0.3) is 11.4 Å². The number of ether oxygens (including phenoxy) is 2. The molecule has 3 aromatic heterocycles. The van der Waals surface area contributed by atoms with Crippen LogP contribution in [-0.4, -0.2) is 33.3 Å². The number of aromatic nitrogens is 4. The quantitative estimate of drug-likeness (QED) is 0.372. The molecule has 1 aromatic carbocycles. The van der Waals surface area contributed by atoms with Crippen LogP contribution in [0, 0.1) is 19.8 Å². The van der Waals surface area contributed by atoms with E-state index in [2.05, 4.69) is 25.6 Å². The van der Waals surface area contributed by atoms with E-state index in [1.807, 2.05) is 33.8 Å². The molecule has 0 aliphatic heterocycles. The third kappa shape index (κ3) is 5.32. The molecule has 0 aliphatic rings. The Morgan fingerprint density at radius 3 is 2.60 bits per heavy atom. The number of carbonyl (C=O) groups excluding carboxylic acids is 1. The van der Waals surface area contributed by atoms with Crippen molar-refractivity contribution in [2.45, 2.75) is 40.3 Å². The molecule has 0 saturated carbocycles. The number of nitrogens with one attached hydrogen (secondary N) is 1. The van der Waals surface area contributed by atoms with Crippen LogP contribution in [0.15, 0.2) is 51.8 Å². The zero-order chi connectivity index (χ0) is 24.9. The van der Waals surface area contributed by atoms with Gasteiger partial charge in [0.25, 0.3) is 5.91 Å². The third-order valence-electron chi connectivity index (χ3n) is 5.56. The monoisotopic (exact) mass is 477 g/mol. The van der Waals surface area contributed by atoms with E-state index in [1.54, 1.807) is 36.7 Å². The molecule has 1 atom stereocenters. The summed E-state index contributed by atoms with van der Waals surface area (Å²) in [6.45, 7) is 7.89. The topological polar surface area (TPSA) is 125 Å². The van der Waals surface area contributed by atoms with E-state index in [1.165, 1.54) is 7.11 Å². The summed E-state index contributed by atoms with van der Waals surface area (Å²) in [5.41, 5.74) is 2.78. The summed E-state index contributed by atoms with van der Waals surface area (Å²) in [7, 11) is 1.52. The van der Waals surface area contributed by atoms with Crippen LogP contribution in [0.3, 0.4) is 0 Å². The van der Waals surface area contributed by atoms with E-state index in [9.17, 15) is 4.79 Å². The Morgan fingerprint density at radius 2 is 1.94 bits per heavy atom. The van der Waals surface area contributed by atoms with Gasteiger partial charge in [-0.15, -0.1) is 0 Å². The minimum Gasteiger partial charge on any atom is -0.493 e. The van der Waals surface area contributed by atoms with Crippen LogP contribution in [0.5, 0.6) is 11.5 Å². The Labute approximate surface area is 202 Å². The van der Waals surface area contributed by atoms with Crippen molar-refractivity contribution < 1.29 is 23.3 Å². The molecule has 10 nitrogen and oxygen atoms in total. The molecular formula is C25H27N5O5. The summed E-state index contributed by atoms with van der Waals surface area (Å²) < 4.78 is 22.0. The van der Waals surface area contributed by atoms with Crippen molar-refractivity contribution in [2.24, 2.45) is 5.92 Å². The largest absolute Gasteiger partial charge is 0.493 e. The fourth-order valence-electron chi connectivity index (χ4n) is 3.50. The summed E-state index contributed by atoms with van der Waals surface area (Å²) in [6, 6.07) is 8.15. The number of amides is 1. The lowest BCUT2D eigenvalue weighted by molar-refractivity contribution is 0.0913. The maximum atomic E-state index is 13.1. The van der Waals surface area contributed by atoms with E-state index >= 15 is 0 Å². The molecule has 0 spiro atoms. The predicted molar refractivity (Wildman–Crippen MR) is 126 cm³/mol. The fraction of sp³-hybridized carbons (Fsp3) is 0.320. The Kier molecular flexibility index (Phi) is 7.09. The van der Waals surface area contributed by atoms with Crippen molar-refractivity contribution in [1.29, 1.82) is 0 Å². The number of hydrogen-bond donors (Lipinski definition) is 1. The number of aryl methyl sites for hydroxylation is 2. The van der Waals surface area contributed by atoms with Gasteiger partial charge in [-0.2, -0.15) is 4.98 Å². The molecule has 0 radical (unpaired) electrons.